The standard InChI is InChI=1S/C25H38FN7/c1-3-20(26)16-28-25-29-17-22(24(31-25)30-21-7-5-4-6-8-21)23-10-9-19(15-27-23)18-33-13-11-32(2)12-14-33/h9-10,15,17,20-21H,3-8,11-14,16,18H2,1-2H3,(H2,28,29,30,31). The third-order valence-corrected chi connectivity index (χ3v) is 6.76. The number of hydrogen-bond acceptors (Lipinski definition) is 7. The van der Waals surface area contributed by atoms with Gasteiger partial charge in [-0.3, -0.25) is 9.88 Å². The van der Waals surface area contributed by atoms with Gasteiger partial charge in [-0.25, -0.2) is 9.37 Å². The Bertz CT molecular complexity index is 862. The fraction of sp³-hybridized carbons (Fsp3) is 0.640. The molecule has 1 atom stereocenters. The Kier molecular flexibility index (Phi) is 8.45. The van der Waals surface area contributed by atoms with Crippen LogP contribution in [0.25, 0.3) is 11.3 Å². The number of nitrogens with zero attached hydrogens (tertiary/aromatic N) is 5. The Balaban J connectivity index is 1.49. The summed E-state index contributed by atoms with van der Waals surface area (Å²) in [5.41, 5.74) is 2.97. The minimum absolute atomic E-state index is 0.220. The number of halogens is 1. The Labute approximate surface area is 197 Å². The van der Waals surface area contributed by atoms with Gasteiger partial charge in [-0.05, 0) is 37.9 Å². The molecule has 7 nitrogen and oxygen atoms in total. The lowest BCUT2D eigenvalue weighted by Gasteiger charge is -2.32. The van der Waals surface area contributed by atoms with Crippen LogP contribution in [0.4, 0.5) is 16.2 Å². The summed E-state index contributed by atoms with van der Waals surface area (Å²) < 4.78 is 13.7. The Morgan fingerprint density at radius 3 is 2.55 bits per heavy atom. The first-order chi connectivity index (χ1) is 16.1. The number of aromatic nitrogens is 3. The molecular weight excluding hydrogens is 417 g/mol. The highest BCUT2D eigenvalue weighted by Gasteiger charge is 2.19. The van der Waals surface area contributed by atoms with Crippen molar-refractivity contribution in [2.75, 3.05) is 50.4 Å². The molecule has 4 rings (SSSR count). The Morgan fingerprint density at radius 1 is 1.06 bits per heavy atom. The largest absolute Gasteiger partial charge is 0.367 e. The maximum atomic E-state index is 13.7. The number of pyridine rings is 1. The SMILES string of the molecule is CCC(F)CNc1ncc(-c2ccc(CN3CCN(C)CC3)cn2)c(NC2CCCCC2)n1. The summed E-state index contributed by atoms with van der Waals surface area (Å²) in [6.07, 6.45) is 9.41. The zero-order chi connectivity index (χ0) is 23.0. The molecule has 0 aromatic carbocycles. The van der Waals surface area contributed by atoms with Gasteiger partial charge in [0.1, 0.15) is 12.0 Å². The van der Waals surface area contributed by atoms with Crippen molar-refractivity contribution in [2.24, 2.45) is 0 Å². The average molecular weight is 456 g/mol. The number of anilines is 2. The van der Waals surface area contributed by atoms with Crippen LogP contribution in [-0.2, 0) is 6.54 Å². The molecule has 1 aliphatic carbocycles. The predicted octanol–water partition coefficient (Wildman–Crippen LogP) is 4.19. The molecule has 0 radical (unpaired) electrons. The maximum absolute atomic E-state index is 13.7. The van der Waals surface area contributed by atoms with E-state index in [2.05, 4.69) is 44.6 Å². The molecule has 3 heterocycles. The molecule has 8 heteroatoms. The topological polar surface area (TPSA) is 69.2 Å². The molecule has 2 aromatic heterocycles. The van der Waals surface area contributed by atoms with E-state index in [4.69, 9.17) is 9.97 Å². The minimum atomic E-state index is -0.905. The lowest BCUT2D eigenvalue weighted by molar-refractivity contribution is 0.148. The minimum Gasteiger partial charge on any atom is -0.367 e. The predicted molar refractivity (Wildman–Crippen MR) is 132 cm³/mol. The highest BCUT2D eigenvalue weighted by atomic mass is 19.1. The van der Waals surface area contributed by atoms with Crippen LogP contribution in [0.3, 0.4) is 0 Å². The molecule has 0 bridgehead atoms. The van der Waals surface area contributed by atoms with E-state index in [9.17, 15) is 4.39 Å². The van der Waals surface area contributed by atoms with Crippen molar-refractivity contribution >= 4 is 11.8 Å². The molecule has 2 aromatic rings. The highest BCUT2D eigenvalue weighted by Crippen LogP contribution is 2.29. The second-order valence-electron chi connectivity index (χ2n) is 9.45. The van der Waals surface area contributed by atoms with Crippen LogP contribution in [0.15, 0.2) is 24.5 Å². The van der Waals surface area contributed by atoms with Gasteiger partial charge in [0, 0.05) is 57.7 Å². The third kappa shape index (κ3) is 6.84. The van der Waals surface area contributed by atoms with Crippen molar-refractivity contribution < 1.29 is 4.39 Å². The van der Waals surface area contributed by atoms with Gasteiger partial charge in [-0.2, -0.15) is 4.98 Å². The molecule has 33 heavy (non-hydrogen) atoms. The van der Waals surface area contributed by atoms with Crippen LogP contribution in [-0.4, -0.2) is 76.7 Å². The fourth-order valence-corrected chi connectivity index (χ4v) is 4.49. The summed E-state index contributed by atoms with van der Waals surface area (Å²) in [5.74, 6) is 1.24. The number of rotatable bonds is 9. The molecule has 1 saturated carbocycles. The van der Waals surface area contributed by atoms with E-state index in [1.165, 1.54) is 24.8 Å². The van der Waals surface area contributed by atoms with Gasteiger partial charge in [0.15, 0.2) is 0 Å². The highest BCUT2D eigenvalue weighted by molar-refractivity contribution is 5.73. The van der Waals surface area contributed by atoms with Gasteiger partial charge < -0.3 is 15.5 Å². The van der Waals surface area contributed by atoms with E-state index >= 15 is 0 Å². The normalized spacial score (nSPS) is 19.4. The van der Waals surface area contributed by atoms with Crippen molar-refractivity contribution in [3.05, 3.63) is 30.1 Å². The van der Waals surface area contributed by atoms with Crippen LogP contribution >= 0.6 is 0 Å². The molecule has 2 N–H and O–H groups in total. The van der Waals surface area contributed by atoms with E-state index in [1.54, 1.807) is 0 Å². The summed E-state index contributed by atoms with van der Waals surface area (Å²) in [4.78, 5) is 18.8. The van der Waals surface area contributed by atoms with Gasteiger partial charge in [0.25, 0.3) is 0 Å². The molecule has 2 fully saturated rings. The number of hydrogen-bond donors (Lipinski definition) is 2. The zero-order valence-corrected chi connectivity index (χ0v) is 20.1. The number of alkyl halides is 1. The summed E-state index contributed by atoms with van der Waals surface area (Å²) in [7, 11) is 2.18. The number of likely N-dealkylation sites (N-methyl/N-ethyl adjacent to an activating group) is 1. The first kappa shape index (κ1) is 23.8. The summed E-state index contributed by atoms with van der Waals surface area (Å²) >= 11 is 0. The molecule has 2 aliphatic rings. The maximum Gasteiger partial charge on any atom is 0.224 e. The van der Waals surface area contributed by atoms with Crippen molar-refractivity contribution in [3.8, 4) is 11.3 Å². The lowest BCUT2D eigenvalue weighted by Crippen LogP contribution is -2.43. The Hall–Kier alpha value is -2.32. The lowest BCUT2D eigenvalue weighted by atomic mass is 9.95. The van der Waals surface area contributed by atoms with Crippen LogP contribution < -0.4 is 10.6 Å². The molecule has 0 amide bonds. The number of piperazine rings is 1. The Morgan fingerprint density at radius 2 is 1.85 bits per heavy atom. The van der Waals surface area contributed by atoms with Gasteiger partial charge in [0.05, 0.1) is 11.3 Å². The van der Waals surface area contributed by atoms with Crippen LogP contribution in [0.1, 0.15) is 51.0 Å². The summed E-state index contributed by atoms with van der Waals surface area (Å²) in [6, 6.07) is 4.63. The van der Waals surface area contributed by atoms with Crippen LogP contribution in [0.2, 0.25) is 0 Å². The van der Waals surface area contributed by atoms with Gasteiger partial charge in [0.2, 0.25) is 5.95 Å². The van der Waals surface area contributed by atoms with Gasteiger partial charge in [-0.15, -0.1) is 0 Å². The van der Waals surface area contributed by atoms with Crippen molar-refractivity contribution in [1.29, 1.82) is 0 Å². The van der Waals surface area contributed by atoms with Crippen molar-refractivity contribution in [2.45, 2.75) is 64.2 Å². The molecule has 180 valence electrons. The smallest absolute Gasteiger partial charge is 0.224 e. The third-order valence-electron chi connectivity index (χ3n) is 6.76. The van der Waals surface area contributed by atoms with Crippen molar-refractivity contribution in [3.63, 3.8) is 0 Å². The molecule has 0 spiro atoms. The summed E-state index contributed by atoms with van der Waals surface area (Å²) in [5, 5.41) is 6.68. The number of nitrogens with one attached hydrogen (secondary N) is 2. The molecule has 1 aliphatic heterocycles. The quantitative estimate of drug-likeness (QED) is 0.588. The van der Waals surface area contributed by atoms with E-state index in [-0.39, 0.29) is 6.54 Å². The second kappa shape index (κ2) is 11.7. The van der Waals surface area contributed by atoms with Crippen LogP contribution in [0.5, 0.6) is 0 Å². The second-order valence-corrected chi connectivity index (χ2v) is 9.45. The van der Waals surface area contributed by atoms with Gasteiger partial charge in [-0.1, -0.05) is 32.3 Å². The van der Waals surface area contributed by atoms with E-state index in [0.29, 0.717) is 18.4 Å². The van der Waals surface area contributed by atoms with Crippen molar-refractivity contribution in [1.82, 2.24) is 24.8 Å². The van der Waals surface area contributed by atoms with E-state index < -0.39 is 6.17 Å². The first-order valence-corrected chi connectivity index (χ1v) is 12.5. The summed E-state index contributed by atoms with van der Waals surface area (Å²) in [6.45, 7) is 7.39. The fourth-order valence-electron chi connectivity index (χ4n) is 4.49. The van der Waals surface area contributed by atoms with Gasteiger partial charge >= 0.3 is 0 Å². The van der Waals surface area contributed by atoms with E-state index in [1.807, 2.05) is 19.3 Å². The molecule has 1 saturated heterocycles. The zero-order valence-electron chi connectivity index (χ0n) is 20.1. The average Bonchev–Trinajstić information content (AvgIpc) is 2.85. The first-order valence-electron chi connectivity index (χ1n) is 12.5. The molecular formula is C25H38FN7. The van der Waals surface area contributed by atoms with E-state index in [0.717, 1.165) is 62.6 Å². The van der Waals surface area contributed by atoms with Crippen LogP contribution in [0, 0.1) is 0 Å². The molecule has 1 unspecified atom stereocenters. The monoisotopic (exact) mass is 455 g/mol.